The topological polar surface area (TPSA) is 60.5 Å². The van der Waals surface area contributed by atoms with E-state index in [2.05, 4.69) is 29.8 Å². The Morgan fingerprint density at radius 3 is 2.78 bits per heavy atom. The van der Waals surface area contributed by atoms with Gasteiger partial charge in [-0.3, -0.25) is 4.79 Å². The first-order valence-corrected chi connectivity index (χ1v) is 8.37. The minimum Gasteiger partial charge on any atom is -0.378 e. The maximum absolute atomic E-state index is 12.5. The normalized spacial score (nSPS) is 16.7. The molecule has 5 heteroatoms. The van der Waals surface area contributed by atoms with E-state index < -0.39 is 0 Å². The predicted molar refractivity (Wildman–Crippen MR) is 91.3 cm³/mol. The number of rotatable bonds is 5. The summed E-state index contributed by atoms with van der Waals surface area (Å²) in [5, 5.41) is 1.20. The van der Waals surface area contributed by atoms with Crippen molar-refractivity contribution < 1.29 is 9.53 Å². The molecule has 1 aliphatic heterocycles. The summed E-state index contributed by atoms with van der Waals surface area (Å²) >= 11 is 0. The molecule has 0 radical (unpaired) electrons. The van der Waals surface area contributed by atoms with E-state index in [0.717, 1.165) is 18.4 Å². The van der Waals surface area contributed by atoms with Gasteiger partial charge >= 0.3 is 0 Å². The first-order valence-electron chi connectivity index (χ1n) is 8.37. The smallest absolute Gasteiger partial charge is 0.242 e. The highest BCUT2D eigenvalue weighted by Crippen LogP contribution is 2.23. The van der Waals surface area contributed by atoms with Crippen molar-refractivity contribution in [3.05, 3.63) is 36.0 Å². The van der Waals surface area contributed by atoms with E-state index in [-0.39, 0.29) is 11.9 Å². The van der Waals surface area contributed by atoms with Crippen molar-refractivity contribution in [2.45, 2.75) is 32.4 Å². The first kappa shape index (κ1) is 16.0. The molecule has 124 valence electrons. The van der Waals surface area contributed by atoms with Gasteiger partial charge in [0.1, 0.15) is 6.54 Å². The maximum atomic E-state index is 12.5. The van der Waals surface area contributed by atoms with Crippen molar-refractivity contribution >= 4 is 16.8 Å². The van der Waals surface area contributed by atoms with Gasteiger partial charge in [-0.05, 0) is 24.5 Å². The van der Waals surface area contributed by atoms with Crippen LogP contribution in [0.15, 0.2) is 30.5 Å². The standard InChI is InChI=1S/C18H25N3O2/c1-2-15(19)11-14-12-21(17-6-4-3-5-16(14)17)13-18(22)20-7-9-23-10-8-20/h3-6,12,15H,2,7-11,13,19H2,1H3. The van der Waals surface area contributed by atoms with Crippen molar-refractivity contribution in [1.29, 1.82) is 0 Å². The summed E-state index contributed by atoms with van der Waals surface area (Å²) < 4.78 is 7.38. The van der Waals surface area contributed by atoms with Crippen LogP contribution in [0, 0.1) is 0 Å². The number of amides is 1. The largest absolute Gasteiger partial charge is 0.378 e. The second kappa shape index (κ2) is 7.15. The molecule has 2 heterocycles. The number of aromatic nitrogens is 1. The van der Waals surface area contributed by atoms with Gasteiger partial charge in [0.15, 0.2) is 0 Å². The minimum absolute atomic E-state index is 0.153. The van der Waals surface area contributed by atoms with Crippen molar-refractivity contribution in [3.63, 3.8) is 0 Å². The van der Waals surface area contributed by atoms with Gasteiger partial charge in [-0.15, -0.1) is 0 Å². The summed E-state index contributed by atoms with van der Waals surface area (Å²) in [6.45, 7) is 5.12. The molecule has 0 bridgehead atoms. The number of morpholine rings is 1. The number of carbonyl (C=O) groups excluding carboxylic acids is 1. The summed E-state index contributed by atoms with van der Waals surface area (Å²) in [6.07, 6.45) is 3.89. The fraction of sp³-hybridized carbons (Fsp3) is 0.500. The number of ether oxygens (including phenoxy) is 1. The SMILES string of the molecule is CCC(N)Cc1cn(CC(=O)N2CCOCC2)c2ccccc12. The van der Waals surface area contributed by atoms with Gasteiger partial charge in [0, 0.05) is 36.2 Å². The Morgan fingerprint density at radius 1 is 1.30 bits per heavy atom. The summed E-state index contributed by atoms with van der Waals surface area (Å²) in [7, 11) is 0. The predicted octanol–water partition coefficient (Wildman–Crippen LogP) is 1.78. The van der Waals surface area contributed by atoms with Crippen molar-refractivity contribution in [2.75, 3.05) is 26.3 Å². The molecule has 1 aromatic carbocycles. The summed E-state index contributed by atoms with van der Waals surface area (Å²) in [5.74, 6) is 0.153. The van der Waals surface area contributed by atoms with E-state index in [1.807, 2.05) is 17.0 Å². The summed E-state index contributed by atoms with van der Waals surface area (Å²) in [6, 6.07) is 8.40. The molecule has 0 aliphatic carbocycles. The van der Waals surface area contributed by atoms with E-state index in [4.69, 9.17) is 10.5 Å². The zero-order chi connectivity index (χ0) is 16.2. The van der Waals surface area contributed by atoms with E-state index in [1.165, 1.54) is 10.9 Å². The maximum Gasteiger partial charge on any atom is 0.242 e. The second-order valence-electron chi connectivity index (χ2n) is 6.16. The van der Waals surface area contributed by atoms with Crippen molar-refractivity contribution in [2.24, 2.45) is 5.73 Å². The van der Waals surface area contributed by atoms with Crippen molar-refractivity contribution in [1.82, 2.24) is 9.47 Å². The molecule has 2 aromatic rings. The molecule has 1 atom stereocenters. The number of benzene rings is 1. The van der Waals surface area contributed by atoms with Gasteiger partial charge in [-0.1, -0.05) is 25.1 Å². The van der Waals surface area contributed by atoms with Crippen LogP contribution < -0.4 is 5.73 Å². The molecule has 1 unspecified atom stereocenters. The number of fused-ring (bicyclic) bond motifs is 1. The van der Waals surface area contributed by atoms with E-state index in [9.17, 15) is 4.79 Å². The van der Waals surface area contributed by atoms with Crippen LogP contribution in [0.2, 0.25) is 0 Å². The third kappa shape index (κ3) is 3.57. The number of hydrogen-bond acceptors (Lipinski definition) is 3. The van der Waals surface area contributed by atoms with Crippen LogP contribution in [-0.2, 0) is 22.5 Å². The Morgan fingerprint density at radius 2 is 2.04 bits per heavy atom. The van der Waals surface area contributed by atoms with E-state index >= 15 is 0 Å². The third-order valence-electron chi connectivity index (χ3n) is 4.55. The first-order chi connectivity index (χ1) is 11.2. The molecule has 1 aliphatic rings. The Balaban J connectivity index is 1.83. The summed E-state index contributed by atoms with van der Waals surface area (Å²) in [5.41, 5.74) is 8.46. The fourth-order valence-electron chi connectivity index (χ4n) is 3.10. The van der Waals surface area contributed by atoms with Crippen LogP contribution in [0.5, 0.6) is 0 Å². The summed E-state index contributed by atoms with van der Waals surface area (Å²) in [4.78, 5) is 14.4. The van der Waals surface area contributed by atoms with Gasteiger partial charge in [-0.25, -0.2) is 0 Å². The highest BCUT2D eigenvalue weighted by Gasteiger charge is 2.19. The highest BCUT2D eigenvalue weighted by molar-refractivity contribution is 5.86. The molecular weight excluding hydrogens is 290 g/mol. The quantitative estimate of drug-likeness (QED) is 0.915. The Hall–Kier alpha value is -1.85. The molecule has 1 saturated heterocycles. The third-order valence-corrected chi connectivity index (χ3v) is 4.55. The van der Waals surface area contributed by atoms with Gasteiger partial charge in [0.25, 0.3) is 0 Å². The van der Waals surface area contributed by atoms with Crippen LogP contribution in [-0.4, -0.2) is 47.7 Å². The Kier molecular flexibility index (Phi) is 4.98. The lowest BCUT2D eigenvalue weighted by Crippen LogP contribution is -2.42. The zero-order valence-corrected chi connectivity index (χ0v) is 13.7. The van der Waals surface area contributed by atoms with Gasteiger partial charge < -0.3 is 19.9 Å². The number of nitrogens with two attached hydrogens (primary N) is 1. The molecule has 0 spiro atoms. The minimum atomic E-state index is 0.153. The molecule has 1 amide bonds. The molecule has 1 aromatic heterocycles. The molecule has 0 saturated carbocycles. The lowest BCUT2D eigenvalue weighted by Gasteiger charge is -2.27. The molecule has 23 heavy (non-hydrogen) atoms. The number of para-hydroxylation sites is 1. The lowest BCUT2D eigenvalue weighted by molar-refractivity contribution is -0.135. The second-order valence-corrected chi connectivity index (χ2v) is 6.16. The van der Waals surface area contributed by atoms with Crippen LogP contribution in [0.4, 0.5) is 0 Å². The molecule has 2 N–H and O–H groups in total. The number of hydrogen-bond donors (Lipinski definition) is 1. The fourth-order valence-corrected chi connectivity index (χ4v) is 3.10. The van der Waals surface area contributed by atoms with Crippen LogP contribution in [0.1, 0.15) is 18.9 Å². The van der Waals surface area contributed by atoms with Gasteiger partial charge in [0.2, 0.25) is 5.91 Å². The average Bonchev–Trinajstić information content (AvgIpc) is 2.93. The molecular formula is C18H25N3O2. The van der Waals surface area contributed by atoms with Crippen LogP contribution in [0.3, 0.4) is 0 Å². The number of carbonyl (C=O) groups is 1. The Bertz CT molecular complexity index is 674. The highest BCUT2D eigenvalue weighted by atomic mass is 16.5. The lowest BCUT2D eigenvalue weighted by atomic mass is 10.0. The zero-order valence-electron chi connectivity index (χ0n) is 13.7. The molecule has 1 fully saturated rings. The van der Waals surface area contributed by atoms with Gasteiger partial charge in [-0.2, -0.15) is 0 Å². The van der Waals surface area contributed by atoms with E-state index in [0.29, 0.717) is 32.8 Å². The molecule has 5 nitrogen and oxygen atoms in total. The Labute approximate surface area is 137 Å². The van der Waals surface area contributed by atoms with Crippen LogP contribution >= 0.6 is 0 Å². The average molecular weight is 315 g/mol. The van der Waals surface area contributed by atoms with Gasteiger partial charge in [0.05, 0.1) is 13.2 Å². The van der Waals surface area contributed by atoms with E-state index in [1.54, 1.807) is 0 Å². The number of nitrogens with zero attached hydrogens (tertiary/aromatic N) is 2. The molecule has 3 rings (SSSR count). The van der Waals surface area contributed by atoms with Crippen molar-refractivity contribution in [3.8, 4) is 0 Å². The monoisotopic (exact) mass is 315 g/mol. The van der Waals surface area contributed by atoms with Crippen LogP contribution in [0.25, 0.3) is 10.9 Å².